The van der Waals surface area contributed by atoms with Gasteiger partial charge in [0.2, 0.25) is 11.8 Å². The van der Waals surface area contributed by atoms with Crippen LogP contribution in [0.25, 0.3) is 0 Å². The third-order valence-electron chi connectivity index (χ3n) is 8.03. The van der Waals surface area contributed by atoms with Crippen LogP contribution in [0.15, 0.2) is 36.4 Å². The number of rotatable bonds is 4. The van der Waals surface area contributed by atoms with E-state index in [1.54, 1.807) is 18.2 Å². The van der Waals surface area contributed by atoms with Gasteiger partial charge in [0, 0.05) is 28.7 Å². The average Bonchev–Trinajstić information content (AvgIpc) is 3.40. The first kappa shape index (κ1) is 27.3. The van der Waals surface area contributed by atoms with Crippen molar-refractivity contribution in [3.05, 3.63) is 63.4 Å². The number of amides is 2. The lowest BCUT2D eigenvalue weighted by molar-refractivity contribution is -0.124. The van der Waals surface area contributed by atoms with Crippen LogP contribution in [0.5, 0.6) is 0 Å². The van der Waals surface area contributed by atoms with Gasteiger partial charge in [-0.25, -0.2) is 4.39 Å². The molecule has 1 spiro atoms. The third kappa shape index (κ3) is 4.60. The Hall–Kier alpha value is -2.23. The first-order valence-corrected chi connectivity index (χ1v) is 13.6. The molecule has 7 nitrogen and oxygen atoms in total. The van der Waals surface area contributed by atoms with Crippen molar-refractivity contribution in [3.8, 4) is 0 Å². The van der Waals surface area contributed by atoms with Crippen molar-refractivity contribution < 1.29 is 24.2 Å². The Bertz CT molecular complexity index is 1280. The highest BCUT2D eigenvalue weighted by Crippen LogP contribution is 2.57. The number of halogens is 3. The SMILES string of the molecule is CC(C)(C)C[C@H]1N[C@@H](C(=O)N[C@H]2C[C@@H](O)[C@@H](O)C2)[C@H](c2cccc(Cl)c2)[C@@]12C(=O)Nc1cc(Cl)c(F)cc12. The number of carbonyl (C=O) groups excluding carboxylic acids is 2. The van der Waals surface area contributed by atoms with Crippen LogP contribution in [0, 0.1) is 11.2 Å². The number of hydrogen-bond donors (Lipinski definition) is 5. The quantitative estimate of drug-likeness (QED) is 0.387. The molecule has 5 N–H and O–H groups in total. The minimum atomic E-state index is -1.34. The molecule has 2 aliphatic heterocycles. The Morgan fingerprint density at radius 1 is 1.16 bits per heavy atom. The highest BCUT2D eigenvalue weighted by Gasteiger charge is 2.66. The van der Waals surface area contributed by atoms with Gasteiger partial charge in [0.25, 0.3) is 0 Å². The minimum absolute atomic E-state index is 0.105. The molecule has 2 heterocycles. The van der Waals surface area contributed by atoms with Crippen molar-refractivity contribution in [1.29, 1.82) is 0 Å². The van der Waals surface area contributed by atoms with E-state index in [0.717, 1.165) is 0 Å². The highest BCUT2D eigenvalue weighted by atomic mass is 35.5. The van der Waals surface area contributed by atoms with E-state index in [1.165, 1.54) is 12.1 Å². The number of hydrogen-bond acceptors (Lipinski definition) is 5. The number of aliphatic hydroxyl groups excluding tert-OH is 2. The summed E-state index contributed by atoms with van der Waals surface area (Å²) in [6.07, 6.45) is -0.872. The van der Waals surface area contributed by atoms with Gasteiger partial charge in [-0.2, -0.15) is 0 Å². The number of aliphatic hydroxyl groups is 2. The second-order valence-electron chi connectivity index (χ2n) is 11.9. The Kier molecular flexibility index (Phi) is 7.02. The molecule has 1 saturated heterocycles. The lowest BCUT2D eigenvalue weighted by atomic mass is 9.62. The maximum absolute atomic E-state index is 15.0. The predicted octanol–water partition coefficient (Wildman–Crippen LogP) is 3.88. The van der Waals surface area contributed by atoms with Crippen LogP contribution in [-0.2, 0) is 15.0 Å². The van der Waals surface area contributed by atoms with Crippen molar-refractivity contribution >= 4 is 40.7 Å². The zero-order valence-corrected chi connectivity index (χ0v) is 22.9. The second kappa shape index (κ2) is 9.75. The molecule has 0 aromatic heterocycles. The van der Waals surface area contributed by atoms with E-state index in [9.17, 15) is 24.2 Å². The van der Waals surface area contributed by atoms with Crippen LogP contribution in [0.3, 0.4) is 0 Å². The molecule has 2 amide bonds. The minimum Gasteiger partial charge on any atom is -0.390 e. The normalized spacial score (nSPS) is 32.5. The van der Waals surface area contributed by atoms with Crippen molar-refractivity contribution in [2.45, 2.75) is 81.7 Å². The molecule has 2 fully saturated rings. The largest absolute Gasteiger partial charge is 0.390 e. The third-order valence-corrected chi connectivity index (χ3v) is 8.56. The fraction of sp³-hybridized carbons (Fsp3) is 0.500. The molecule has 1 saturated carbocycles. The Morgan fingerprint density at radius 2 is 1.84 bits per heavy atom. The van der Waals surface area contributed by atoms with Gasteiger partial charge in [-0.05, 0) is 60.1 Å². The molecule has 7 atom stereocenters. The number of benzene rings is 2. The summed E-state index contributed by atoms with van der Waals surface area (Å²) in [5.74, 6) is -2.11. The number of nitrogens with one attached hydrogen (secondary N) is 3. The number of fused-ring (bicyclic) bond motifs is 2. The second-order valence-corrected chi connectivity index (χ2v) is 12.8. The Labute approximate surface area is 231 Å². The summed E-state index contributed by atoms with van der Waals surface area (Å²) in [7, 11) is 0. The van der Waals surface area contributed by atoms with Gasteiger partial charge in [-0.3, -0.25) is 9.59 Å². The van der Waals surface area contributed by atoms with Crippen LogP contribution in [-0.4, -0.2) is 52.4 Å². The summed E-state index contributed by atoms with van der Waals surface area (Å²) in [5.41, 5.74) is -0.0698. The lowest BCUT2D eigenvalue weighted by Gasteiger charge is -2.37. The molecule has 38 heavy (non-hydrogen) atoms. The maximum Gasteiger partial charge on any atom is 0.238 e. The summed E-state index contributed by atoms with van der Waals surface area (Å²) in [6.45, 7) is 6.13. The summed E-state index contributed by atoms with van der Waals surface area (Å²) in [6, 6.07) is 7.90. The van der Waals surface area contributed by atoms with E-state index in [1.807, 2.05) is 26.8 Å². The van der Waals surface area contributed by atoms with Gasteiger partial charge in [0.1, 0.15) is 11.2 Å². The topological polar surface area (TPSA) is 111 Å². The van der Waals surface area contributed by atoms with Crippen molar-refractivity contribution in [3.63, 3.8) is 0 Å². The van der Waals surface area contributed by atoms with E-state index in [-0.39, 0.29) is 35.1 Å². The van der Waals surface area contributed by atoms with E-state index < -0.39 is 47.5 Å². The zero-order valence-electron chi connectivity index (χ0n) is 21.4. The van der Waals surface area contributed by atoms with E-state index in [2.05, 4.69) is 16.0 Å². The van der Waals surface area contributed by atoms with Crippen molar-refractivity contribution in [2.24, 2.45) is 5.41 Å². The molecule has 204 valence electrons. The van der Waals surface area contributed by atoms with Gasteiger partial charge in [-0.1, -0.05) is 56.1 Å². The fourth-order valence-electron chi connectivity index (χ4n) is 6.54. The van der Waals surface area contributed by atoms with Crippen LogP contribution < -0.4 is 16.0 Å². The first-order chi connectivity index (χ1) is 17.8. The first-order valence-electron chi connectivity index (χ1n) is 12.8. The molecule has 0 radical (unpaired) electrons. The summed E-state index contributed by atoms with van der Waals surface area (Å²) in [5, 5.41) is 29.7. The molecule has 0 unspecified atom stereocenters. The Morgan fingerprint density at radius 3 is 2.47 bits per heavy atom. The molecular weight excluding hydrogens is 532 g/mol. The van der Waals surface area contributed by atoms with E-state index in [4.69, 9.17) is 23.2 Å². The van der Waals surface area contributed by atoms with Gasteiger partial charge in [0.05, 0.1) is 23.3 Å². The molecule has 1 aliphatic carbocycles. The summed E-state index contributed by atoms with van der Waals surface area (Å²) < 4.78 is 15.0. The van der Waals surface area contributed by atoms with Crippen LogP contribution >= 0.6 is 23.2 Å². The lowest BCUT2D eigenvalue weighted by Crippen LogP contribution is -2.49. The van der Waals surface area contributed by atoms with Gasteiger partial charge >= 0.3 is 0 Å². The monoisotopic (exact) mass is 563 g/mol. The molecule has 2 aromatic carbocycles. The van der Waals surface area contributed by atoms with E-state index in [0.29, 0.717) is 28.3 Å². The average molecular weight is 564 g/mol. The highest BCUT2D eigenvalue weighted by molar-refractivity contribution is 6.31. The molecular formula is C28H32Cl2FN3O4. The number of carbonyl (C=O) groups is 2. The standard InChI is InChI=1S/C28H32Cl2FN3O4/c1-27(2,3)12-22-28(16-10-18(31)17(30)11-19(16)33-26(28)38)23(13-5-4-6-14(29)7-13)24(34-22)25(37)32-15-8-20(35)21(36)9-15/h4-7,10-11,15,20-24,34-36H,8-9,12H2,1-3H3,(H,32,37)(H,33,38)/t15-,20+,21-,22-,23+,24-,28+/m1/s1. The summed E-state index contributed by atoms with van der Waals surface area (Å²) >= 11 is 12.5. The van der Waals surface area contributed by atoms with Crippen molar-refractivity contribution in [1.82, 2.24) is 10.6 Å². The smallest absolute Gasteiger partial charge is 0.238 e. The van der Waals surface area contributed by atoms with Gasteiger partial charge < -0.3 is 26.2 Å². The molecule has 5 rings (SSSR count). The van der Waals surface area contributed by atoms with Crippen LogP contribution in [0.2, 0.25) is 10.0 Å². The van der Waals surface area contributed by atoms with Gasteiger partial charge in [0.15, 0.2) is 0 Å². The molecule has 2 aromatic rings. The Balaban J connectivity index is 1.67. The zero-order chi connectivity index (χ0) is 27.6. The predicted molar refractivity (Wildman–Crippen MR) is 144 cm³/mol. The molecule has 10 heteroatoms. The van der Waals surface area contributed by atoms with Crippen LogP contribution in [0.1, 0.15) is 57.1 Å². The van der Waals surface area contributed by atoms with E-state index >= 15 is 0 Å². The van der Waals surface area contributed by atoms with Crippen LogP contribution in [0.4, 0.5) is 10.1 Å². The molecule has 3 aliphatic rings. The molecule has 0 bridgehead atoms. The van der Waals surface area contributed by atoms with Crippen molar-refractivity contribution in [2.75, 3.05) is 5.32 Å². The number of anilines is 1. The van der Waals surface area contributed by atoms with Gasteiger partial charge in [-0.15, -0.1) is 0 Å². The fourth-order valence-corrected chi connectivity index (χ4v) is 6.90. The summed E-state index contributed by atoms with van der Waals surface area (Å²) in [4.78, 5) is 28.0. The maximum atomic E-state index is 15.0.